The summed E-state index contributed by atoms with van der Waals surface area (Å²) in [6.45, 7) is 1.51. The van der Waals surface area contributed by atoms with E-state index in [1.165, 1.54) is 12.1 Å². The minimum absolute atomic E-state index is 0.212. The lowest BCUT2D eigenvalue weighted by Gasteiger charge is -2.07. The maximum Gasteiger partial charge on any atom is 0.416 e. The number of halogens is 4. The second-order valence-corrected chi connectivity index (χ2v) is 5.52. The standard InChI is InChI=1S/C17H14ClF3N2O2/c1-11-7-14(5-6-15(11)18)25-10-16(24)23-22-9-12-3-2-4-13(8-12)17(19,20)21/h2-9H,10H2,1H3,(H,23,24). The molecule has 132 valence electrons. The van der Waals surface area contributed by atoms with Gasteiger partial charge in [-0.1, -0.05) is 23.7 Å². The van der Waals surface area contributed by atoms with Crippen LogP contribution in [0.4, 0.5) is 13.2 Å². The van der Waals surface area contributed by atoms with E-state index >= 15 is 0 Å². The molecular weight excluding hydrogens is 357 g/mol. The van der Waals surface area contributed by atoms with Crippen molar-refractivity contribution < 1.29 is 22.7 Å². The molecule has 2 aromatic carbocycles. The average Bonchev–Trinajstić information content (AvgIpc) is 2.55. The highest BCUT2D eigenvalue weighted by atomic mass is 35.5. The van der Waals surface area contributed by atoms with Gasteiger partial charge in [-0.25, -0.2) is 5.43 Å². The number of benzene rings is 2. The van der Waals surface area contributed by atoms with Crippen molar-refractivity contribution in [2.24, 2.45) is 5.10 Å². The monoisotopic (exact) mass is 370 g/mol. The Morgan fingerprint density at radius 2 is 2.04 bits per heavy atom. The fraction of sp³-hybridized carbons (Fsp3) is 0.176. The van der Waals surface area contributed by atoms with Crippen LogP contribution in [0.2, 0.25) is 5.02 Å². The summed E-state index contributed by atoms with van der Waals surface area (Å²) in [5.41, 5.74) is 2.42. The molecule has 0 heterocycles. The van der Waals surface area contributed by atoms with Crippen LogP contribution in [0.1, 0.15) is 16.7 Å². The van der Waals surface area contributed by atoms with Gasteiger partial charge in [-0.05, 0) is 48.4 Å². The Morgan fingerprint density at radius 1 is 1.28 bits per heavy atom. The van der Waals surface area contributed by atoms with Gasteiger partial charge in [-0.15, -0.1) is 0 Å². The van der Waals surface area contributed by atoms with Gasteiger partial charge >= 0.3 is 6.18 Å². The van der Waals surface area contributed by atoms with Gasteiger partial charge in [0.15, 0.2) is 6.61 Å². The first-order valence-corrected chi connectivity index (χ1v) is 7.51. The fourth-order valence-electron chi connectivity index (χ4n) is 1.86. The summed E-state index contributed by atoms with van der Waals surface area (Å²) in [5.74, 6) is -0.0743. The summed E-state index contributed by atoms with van der Waals surface area (Å²) < 4.78 is 43.1. The summed E-state index contributed by atoms with van der Waals surface area (Å²) in [7, 11) is 0. The maximum absolute atomic E-state index is 12.6. The zero-order chi connectivity index (χ0) is 18.4. The van der Waals surface area contributed by atoms with E-state index in [2.05, 4.69) is 10.5 Å². The quantitative estimate of drug-likeness (QED) is 0.633. The van der Waals surface area contributed by atoms with Crippen molar-refractivity contribution in [2.45, 2.75) is 13.1 Å². The van der Waals surface area contributed by atoms with Crippen LogP contribution in [0, 0.1) is 6.92 Å². The molecule has 0 aliphatic heterocycles. The van der Waals surface area contributed by atoms with Gasteiger partial charge in [0.2, 0.25) is 0 Å². The number of nitrogens with one attached hydrogen (secondary N) is 1. The molecular formula is C17H14ClF3N2O2. The van der Waals surface area contributed by atoms with Crippen molar-refractivity contribution >= 4 is 23.7 Å². The number of hydrogen-bond donors (Lipinski definition) is 1. The molecule has 0 spiro atoms. The van der Waals surface area contributed by atoms with Gasteiger partial charge in [-0.3, -0.25) is 4.79 Å². The van der Waals surface area contributed by atoms with Crippen molar-refractivity contribution in [1.82, 2.24) is 5.43 Å². The number of rotatable bonds is 5. The molecule has 0 radical (unpaired) electrons. The largest absolute Gasteiger partial charge is 0.484 e. The third kappa shape index (κ3) is 5.79. The number of nitrogens with zero attached hydrogens (tertiary/aromatic N) is 1. The fourth-order valence-corrected chi connectivity index (χ4v) is 1.98. The predicted octanol–water partition coefficient (Wildman–Crippen LogP) is 4.20. The van der Waals surface area contributed by atoms with E-state index < -0.39 is 17.6 Å². The lowest BCUT2D eigenvalue weighted by atomic mass is 10.1. The predicted molar refractivity (Wildman–Crippen MR) is 88.9 cm³/mol. The Labute approximate surface area is 147 Å². The van der Waals surface area contributed by atoms with Crippen LogP contribution in [-0.4, -0.2) is 18.7 Å². The Bertz CT molecular complexity index is 792. The summed E-state index contributed by atoms with van der Waals surface area (Å²) in [4.78, 5) is 11.6. The van der Waals surface area contributed by atoms with Crippen molar-refractivity contribution in [1.29, 1.82) is 0 Å². The first-order chi connectivity index (χ1) is 11.8. The number of hydrogen-bond acceptors (Lipinski definition) is 3. The highest BCUT2D eigenvalue weighted by Crippen LogP contribution is 2.29. The number of carbonyl (C=O) groups is 1. The Morgan fingerprint density at radius 3 is 2.72 bits per heavy atom. The van der Waals surface area contributed by atoms with Gasteiger partial charge in [-0.2, -0.15) is 18.3 Å². The molecule has 0 saturated carbocycles. The first kappa shape index (κ1) is 18.8. The van der Waals surface area contributed by atoms with Crippen LogP contribution in [-0.2, 0) is 11.0 Å². The topological polar surface area (TPSA) is 50.7 Å². The van der Waals surface area contributed by atoms with E-state index in [9.17, 15) is 18.0 Å². The van der Waals surface area contributed by atoms with Crippen molar-refractivity contribution in [3.63, 3.8) is 0 Å². The van der Waals surface area contributed by atoms with E-state index in [0.29, 0.717) is 10.8 Å². The molecule has 0 saturated heterocycles. The smallest absolute Gasteiger partial charge is 0.416 e. The second-order valence-electron chi connectivity index (χ2n) is 5.12. The molecule has 8 heteroatoms. The van der Waals surface area contributed by atoms with E-state index in [1.807, 2.05) is 0 Å². The lowest BCUT2D eigenvalue weighted by molar-refractivity contribution is -0.137. The SMILES string of the molecule is Cc1cc(OCC(=O)NN=Cc2cccc(C(F)(F)F)c2)ccc1Cl. The van der Waals surface area contributed by atoms with Gasteiger partial charge < -0.3 is 4.74 Å². The molecule has 25 heavy (non-hydrogen) atoms. The molecule has 4 nitrogen and oxygen atoms in total. The number of aryl methyl sites for hydroxylation is 1. The van der Waals surface area contributed by atoms with Gasteiger partial charge in [0.1, 0.15) is 5.75 Å². The maximum atomic E-state index is 12.6. The number of hydrazone groups is 1. The van der Waals surface area contributed by atoms with Crippen LogP contribution in [0.3, 0.4) is 0 Å². The number of carbonyl (C=O) groups excluding carboxylic acids is 1. The van der Waals surface area contributed by atoms with Gasteiger partial charge in [0, 0.05) is 5.02 Å². The summed E-state index contributed by atoms with van der Waals surface area (Å²) >= 11 is 5.88. The normalized spacial score (nSPS) is 11.6. The summed E-state index contributed by atoms with van der Waals surface area (Å²) in [5, 5.41) is 4.20. The van der Waals surface area contributed by atoms with E-state index in [1.54, 1.807) is 25.1 Å². The molecule has 2 rings (SSSR count). The Balaban J connectivity index is 1.87. The van der Waals surface area contributed by atoms with Crippen LogP contribution >= 0.6 is 11.6 Å². The van der Waals surface area contributed by atoms with Crippen molar-refractivity contribution in [3.8, 4) is 5.75 Å². The third-order valence-electron chi connectivity index (χ3n) is 3.12. The molecule has 0 aliphatic carbocycles. The van der Waals surface area contributed by atoms with Crippen molar-refractivity contribution in [3.05, 3.63) is 64.2 Å². The lowest BCUT2D eigenvalue weighted by Crippen LogP contribution is -2.24. The molecule has 0 bridgehead atoms. The minimum atomic E-state index is -4.43. The first-order valence-electron chi connectivity index (χ1n) is 7.14. The molecule has 2 aromatic rings. The van der Waals surface area contributed by atoms with E-state index in [-0.39, 0.29) is 12.2 Å². The average molecular weight is 371 g/mol. The third-order valence-corrected chi connectivity index (χ3v) is 3.54. The van der Waals surface area contributed by atoms with Crippen LogP contribution in [0.15, 0.2) is 47.6 Å². The molecule has 0 aliphatic rings. The number of amides is 1. The van der Waals surface area contributed by atoms with E-state index in [4.69, 9.17) is 16.3 Å². The zero-order valence-corrected chi connectivity index (χ0v) is 13.9. The van der Waals surface area contributed by atoms with Crippen LogP contribution in [0.5, 0.6) is 5.75 Å². The molecule has 0 fully saturated rings. The molecule has 0 unspecified atom stereocenters. The van der Waals surface area contributed by atoms with Crippen LogP contribution in [0.25, 0.3) is 0 Å². The van der Waals surface area contributed by atoms with E-state index in [0.717, 1.165) is 23.9 Å². The Kier molecular flexibility index (Phi) is 6.03. The highest BCUT2D eigenvalue weighted by molar-refractivity contribution is 6.31. The minimum Gasteiger partial charge on any atom is -0.484 e. The van der Waals surface area contributed by atoms with Gasteiger partial charge in [0.05, 0.1) is 11.8 Å². The number of ether oxygens (including phenoxy) is 1. The highest BCUT2D eigenvalue weighted by Gasteiger charge is 2.30. The molecule has 1 amide bonds. The zero-order valence-electron chi connectivity index (χ0n) is 13.1. The second kappa shape index (κ2) is 8.02. The summed E-state index contributed by atoms with van der Waals surface area (Å²) in [6, 6.07) is 9.54. The molecule has 0 atom stereocenters. The molecule has 0 aromatic heterocycles. The van der Waals surface area contributed by atoms with Gasteiger partial charge in [0.25, 0.3) is 5.91 Å². The number of alkyl halides is 3. The molecule has 1 N–H and O–H groups in total. The van der Waals surface area contributed by atoms with Crippen LogP contribution < -0.4 is 10.2 Å². The Hall–Kier alpha value is -2.54. The van der Waals surface area contributed by atoms with Crippen molar-refractivity contribution in [2.75, 3.05) is 6.61 Å². The summed E-state index contributed by atoms with van der Waals surface area (Å²) in [6.07, 6.45) is -3.31.